The first-order valence-electron chi connectivity index (χ1n) is 5.46. The highest BCUT2D eigenvalue weighted by Crippen LogP contribution is 2.19. The number of aryl methyl sites for hydroxylation is 1. The van der Waals surface area contributed by atoms with Gasteiger partial charge in [-0.05, 0) is 37.6 Å². The summed E-state index contributed by atoms with van der Waals surface area (Å²) in [7, 11) is 1.82. The molecule has 1 aromatic rings. The van der Waals surface area contributed by atoms with Crippen LogP contribution in [0, 0.1) is 18.3 Å². The zero-order valence-corrected chi connectivity index (χ0v) is 10.4. The van der Waals surface area contributed by atoms with E-state index in [0.717, 1.165) is 11.3 Å². The van der Waals surface area contributed by atoms with E-state index < -0.39 is 0 Å². The van der Waals surface area contributed by atoms with Crippen LogP contribution in [-0.4, -0.2) is 26.2 Å². The van der Waals surface area contributed by atoms with Gasteiger partial charge in [0.1, 0.15) is 6.54 Å². The summed E-state index contributed by atoms with van der Waals surface area (Å²) >= 11 is 0. The van der Waals surface area contributed by atoms with Crippen LogP contribution in [0.4, 0.5) is 5.69 Å². The molecule has 0 saturated carbocycles. The van der Waals surface area contributed by atoms with Crippen molar-refractivity contribution < 1.29 is 9.53 Å². The van der Waals surface area contributed by atoms with Crippen molar-refractivity contribution in [3.63, 3.8) is 0 Å². The number of esters is 1. The van der Waals surface area contributed by atoms with Crippen molar-refractivity contribution >= 4 is 11.7 Å². The normalized spacial score (nSPS) is 9.53. The Morgan fingerprint density at radius 1 is 1.53 bits per heavy atom. The first-order chi connectivity index (χ1) is 8.08. The fraction of sp³-hybridized carbons (Fsp3) is 0.385. The van der Waals surface area contributed by atoms with Crippen molar-refractivity contribution in [3.05, 3.63) is 29.3 Å². The number of nitrogens with zero attached hydrogens (tertiary/aromatic N) is 2. The summed E-state index contributed by atoms with van der Waals surface area (Å²) in [5, 5.41) is 8.77. The largest absolute Gasteiger partial charge is 0.465 e. The number of carbonyl (C=O) groups is 1. The van der Waals surface area contributed by atoms with Gasteiger partial charge in [-0.2, -0.15) is 5.26 Å². The highest BCUT2D eigenvalue weighted by atomic mass is 16.5. The zero-order chi connectivity index (χ0) is 12.8. The molecule has 0 bridgehead atoms. The minimum absolute atomic E-state index is 0.209. The molecule has 0 aliphatic heterocycles. The number of nitriles is 1. The highest BCUT2D eigenvalue weighted by molar-refractivity contribution is 5.76. The van der Waals surface area contributed by atoms with E-state index in [9.17, 15) is 4.79 Å². The average molecular weight is 232 g/mol. The molecule has 0 unspecified atom stereocenters. The zero-order valence-electron chi connectivity index (χ0n) is 10.4. The molecule has 0 atom stereocenters. The van der Waals surface area contributed by atoms with Crippen LogP contribution in [0.3, 0.4) is 0 Å². The maximum Gasteiger partial charge on any atom is 0.325 e. The predicted octanol–water partition coefficient (Wildman–Crippen LogP) is 1.87. The maximum absolute atomic E-state index is 11.3. The van der Waals surface area contributed by atoms with Crippen LogP contribution < -0.4 is 4.90 Å². The fourth-order valence-electron chi connectivity index (χ4n) is 1.64. The molecular weight excluding hydrogens is 216 g/mol. The molecule has 0 fully saturated rings. The van der Waals surface area contributed by atoms with Crippen molar-refractivity contribution in [1.82, 2.24) is 0 Å². The molecule has 0 aliphatic carbocycles. The van der Waals surface area contributed by atoms with E-state index in [2.05, 4.69) is 6.07 Å². The minimum atomic E-state index is -0.251. The Hall–Kier alpha value is -2.02. The highest BCUT2D eigenvalue weighted by Gasteiger charge is 2.10. The molecule has 0 radical (unpaired) electrons. The van der Waals surface area contributed by atoms with Crippen molar-refractivity contribution in [2.24, 2.45) is 0 Å². The van der Waals surface area contributed by atoms with Crippen LogP contribution in [0.15, 0.2) is 18.2 Å². The summed E-state index contributed by atoms with van der Waals surface area (Å²) in [6.45, 7) is 4.29. The summed E-state index contributed by atoms with van der Waals surface area (Å²) in [5.41, 5.74) is 2.52. The molecule has 0 amide bonds. The molecule has 4 nitrogen and oxygen atoms in total. The number of hydrogen-bond acceptors (Lipinski definition) is 4. The van der Waals surface area contributed by atoms with Gasteiger partial charge in [-0.25, -0.2) is 0 Å². The predicted molar refractivity (Wildman–Crippen MR) is 65.8 cm³/mol. The van der Waals surface area contributed by atoms with Gasteiger partial charge in [-0.1, -0.05) is 0 Å². The number of hydrogen-bond donors (Lipinski definition) is 0. The van der Waals surface area contributed by atoms with Crippen LogP contribution in [-0.2, 0) is 9.53 Å². The third kappa shape index (κ3) is 3.49. The Labute approximate surface area is 101 Å². The summed E-state index contributed by atoms with van der Waals surface area (Å²) in [5.74, 6) is -0.251. The van der Waals surface area contributed by atoms with Gasteiger partial charge in [-0.15, -0.1) is 0 Å². The first kappa shape index (κ1) is 13.0. The van der Waals surface area contributed by atoms with Gasteiger partial charge in [0, 0.05) is 12.7 Å². The van der Waals surface area contributed by atoms with Gasteiger partial charge in [0.25, 0.3) is 0 Å². The lowest BCUT2D eigenvalue weighted by molar-refractivity contribution is -0.141. The Balaban J connectivity index is 2.79. The van der Waals surface area contributed by atoms with E-state index in [4.69, 9.17) is 10.00 Å². The molecule has 0 N–H and O–H groups in total. The molecule has 0 aromatic heterocycles. The second-order valence-electron chi connectivity index (χ2n) is 3.77. The third-order valence-electron chi connectivity index (χ3n) is 2.41. The number of ether oxygens (including phenoxy) is 1. The summed E-state index contributed by atoms with van der Waals surface area (Å²) < 4.78 is 4.89. The van der Waals surface area contributed by atoms with E-state index >= 15 is 0 Å². The molecule has 0 heterocycles. The van der Waals surface area contributed by atoms with Crippen molar-refractivity contribution in [1.29, 1.82) is 5.26 Å². The topological polar surface area (TPSA) is 53.3 Å². The lowest BCUT2D eigenvalue weighted by Crippen LogP contribution is -2.27. The van der Waals surface area contributed by atoms with Gasteiger partial charge in [0.15, 0.2) is 0 Å². The third-order valence-corrected chi connectivity index (χ3v) is 2.41. The molecule has 0 aliphatic rings. The second kappa shape index (κ2) is 5.90. The van der Waals surface area contributed by atoms with Crippen LogP contribution in [0.1, 0.15) is 18.1 Å². The molecule has 1 aromatic carbocycles. The fourth-order valence-corrected chi connectivity index (χ4v) is 1.64. The van der Waals surface area contributed by atoms with Crippen LogP contribution in [0.25, 0.3) is 0 Å². The SMILES string of the molecule is CCOC(=O)CN(C)c1ccc(C#N)cc1C. The van der Waals surface area contributed by atoms with Crippen LogP contribution in [0.2, 0.25) is 0 Å². The van der Waals surface area contributed by atoms with Crippen molar-refractivity contribution in [2.45, 2.75) is 13.8 Å². The Bertz CT molecular complexity index is 449. The Kier molecular flexibility index (Phi) is 4.53. The average Bonchev–Trinajstić information content (AvgIpc) is 2.28. The number of likely N-dealkylation sites (N-methyl/N-ethyl adjacent to an activating group) is 1. The summed E-state index contributed by atoms with van der Waals surface area (Å²) in [4.78, 5) is 13.2. The molecular formula is C13H16N2O2. The van der Waals surface area contributed by atoms with Gasteiger partial charge < -0.3 is 9.64 Å². The monoisotopic (exact) mass is 232 g/mol. The van der Waals surface area contributed by atoms with Gasteiger partial charge >= 0.3 is 5.97 Å². The quantitative estimate of drug-likeness (QED) is 0.744. The van der Waals surface area contributed by atoms with Crippen LogP contribution in [0.5, 0.6) is 0 Å². The standard InChI is InChI=1S/C13H16N2O2/c1-4-17-13(16)9-15(3)12-6-5-11(8-14)7-10(12)2/h5-7H,4,9H2,1-3H3. The number of carbonyl (C=O) groups excluding carboxylic acids is 1. The molecule has 1 rings (SSSR count). The van der Waals surface area contributed by atoms with E-state index in [1.807, 2.05) is 24.9 Å². The van der Waals surface area contributed by atoms with Crippen molar-refractivity contribution in [2.75, 3.05) is 25.1 Å². The summed E-state index contributed by atoms with van der Waals surface area (Å²) in [6.07, 6.45) is 0. The van der Waals surface area contributed by atoms with E-state index in [1.54, 1.807) is 19.1 Å². The Morgan fingerprint density at radius 3 is 2.76 bits per heavy atom. The van der Waals surface area contributed by atoms with E-state index in [0.29, 0.717) is 12.2 Å². The number of anilines is 1. The molecule has 90 valence electrons. The van der Waals surface area contributed by atoms with E-state index in [1.165, 1.54) is 0 Å². The second-order valence-corrected chi connectivity index (χ2v) is 3.77. The van der Waals surface area contributed by atoms with Crippen LogP contribution >= 0.6 is 0 Å². The lowest BCUT2D eigenvalue weighted by Gasteiger charge is -2.20. The number of rotatable bonds is 4. The first-order valence-corrected chi connectivity index (χ1v) is 5.46. The number of benzene rings is 1. The Morgan fingerprint density at radius 2 is 2.24 bits per heavy atom. The lowest BCUT2D eigenvalue weighted by atomic mass is 10.1. The van der Waals surface area contributed by atoms with Gasteiger partial charge in [0.2, 0.25) is 0 Å². The van der Waals surface area contributed by atoms with Gasteiger partial charge in [0.05, 0.1) is 18.2 Å². The van der Waals surface area contributed by atoms with E-state index in [-0.39, 0.29) is 12.5 Å². The summed E-state index contributed by atoms with van der Waals surface area (Å²) in [6, 6.07) is 7.47. The minimum Gasteiger partial charge on any atom is -0.465 e. The maximum atomic E-state index is 11.3. The molecule has 0 saturated heterocycles. The van der Waals surface area contributed by atoms with Gasteiger partial charge in [-0.3, -0.25) is 4.79 Å². The molecule has 17 heavy (non-hydrogen) atoms. The molecule has 0 spiro atoms. The molecule has 4 heteroatoms. The van der Waals surface area contributed by atoms with Crippen molar-refractivity contribution in [3.8, 4) is 6.07 Å². The smallest absolute Gasteiger partial charge is 0.325 e.